The van der Waals surface area contributed by atoms with Crippen molar-refractivity contribution in [2.24, 2.45) is 0 Å². The van der Waals surface area contributed by atoms with Crippen LogP contribution in [0.3, 0.4) is 0 Å². The van der Waals surface area contributed by atoms with Gasteiger partial charge in [0.05, 0.1) is 24.7 Å². The minimum absolute atomic E-state index is 0.130. The third-order valence-electron chi connectivity index (χ3n) is 4.40. The molecule has 2 amide bonds. The first kappa shape index (κ1) is 22.3. The number of benzene rings is 2. The topological polar surface area (TPSA) is 93.7 Å². The number of esters is 1. The van der Waals surface area contributed by atoms with E-state index in [2.05, 4.69) is 10.6 Å². The Balaban J connectivity index is 1.92. The van der Waals surface area contributed by atoms with Crippen LogP contribution in [0.5, 0.6) is 5.75 Å². The third kappa shape index (κ3) is 5.04. The smallest absolute Gasteiger partial charge is 0.341 e. The fourth-order valence-electron chi connectivity index (χ4n) is 2.83. The molecule has 160 valence electrons. The van der Waals surface area contributed by atoms with Crippen molar-refractivity contribution in [2.45, 2.75) is 6.92 Å². The summed E-state index contributed by atoms with van der Waals surface area (Å²) in [5, 5.41) is 6.23. The Morgan fingerprint density at radius 1 is 0.968 bits per heavy atom. The van der Waals surface area contributed by atoms with Crippen LogP contribution in [0.1, 0.15) is 36.0 Å². The van der Waals surface area contributed by atoms with Gasteiger partial charge >= 0.3 is 5.97 Å². The van der Waals surface area contributed by atoms with Gasteiger partial charge in [-0.1, -0.05) is 17.7 Å². The van der Waals surface area contributed by atoms with Crippen LogP contribution in [0, 0.1) is 6.92 Å². The summed E-state index contributed by atoms with van der Waals surface area (Å²) in [4.78, 5) is 38.2. The fourth-order valence-corrected chi connectivity index (χ4v) is 4.04. The van der Waals surface area contributed by atoms with Crippen LogP contribution in [0.4, 0.5) is 10.7 Å². The molecule has 0 radical (unpaired) electrons. The maximum absolute atomic E-state index is 12.8. The first-order chi connectivity index (χ1) is 14.8. The second kappa shape index (κ2) is 9.63. The second-order valence-electron chi connectivity index (χ2n) is 6.40. The van der Waals surface area contributed by atoms with Crippen molar-refractivity contribution in [3.63, 3.8) is 0 Å². The number of hydrogen-bond acceptors (Lipinski definition) is 6. The quantitative estimate of drug-likeness (QED) is 0.506. The zero-order valence-electron chi connectivity index (χ0n) is 16.9. The molecule has 0 aliphatic rings. The summed E-state index contributed by atoms with van der Waals surface area (Å²) in [7, 11) is 2.74. The standard InChI is InChI=1S/C22H19ClN2O5S/c1-12-17(22(28)30-3)21(25-19(26)13-5-4-6-16(11-13)29-2)31-18(12)20(27)24-15-9-7-14(23)8-10-15/h4-11H,1-3H3,(H,24,27)(H,25,26). The van der Waals surface area contributed by atoms with Gasteiger partial charge in [0.15, 0.2) is 0 Å². The monoisotopic (exact) mass is 458 g/mol. The number of nitrogens with one attached hydrogen (secondary N) is 2. The first-order valence-corrected chi connectivity index (χ1v) is 10.3. The van der Waals surface area contributed by atoms with E-state index < -0.39 is 17.8 Å². The lowest BCUT2D eigenvalue weighted by molar-refractivity contribution is 0.0601. The Morgan fingerprint density at radius 2 is 1.68 bits per heavy atom. The molecule has 1 heterocycles. The van der Waals surface area contributed by atoms with Crippen molar-refractivity contribution >= 4 is 51.4 Å². The third-order valence-corrected chi connectivity index (χ3v) is 5.86. The van der Waals surface area contributed by atoms with E-state index in [-0.39, 0.29) is 15.4 Å². The summed E-state index contributed by atoms with van der Waals surface area (Å²) in [6, 6.07) is 13.2. The number of methoxy groups -OCH3 is 2. The Hall–Kier alpha value is -3.36. The molecule has 0 bridgehead atoms. The molecule has 1 aromatic heterocycles. The van der Waals surface area contributed by atoms with Crippen LogP contribution in [-0.2, 0) is 4.74 Å². The first-order valence-electron chi connectivity index (χ1n) is 9.08. The van der Waals surface area contributed by atoms with Crippen molar-refractivity contribution in [3.05, 3.63) is 75.1 Å². The molecule has 0 aliphatic heterocycles. The SMILES string of the molecule is COC(=O)c1c(NC(=O)c2cccc(OC)c2)sc(C(=O)Nc2ccc(Cl)cc2)c1C. The van der Waals surface area contributed by atoms with Crippen LogP contribution in [0.25, 0.3) is 0 Å². The maximum Gasteiger partial charge on any atom is 0.341 e. The van der Waals surface area contributed by atoms with Gasteiger partial charge in [-0.05, 0) is 55.0 Å². The Morgan fingerprint density at radius 3 is 2.32 bits per heavy atom. The maximum atomic E-state index is 12.8. The summed E-state index contributed by atoms with van der Waals surface area (Å²) in [5.41, 5.74) is 1.42. The van der Waals surface area contributed by atoms with Gasteiger partial charge in [0.2, 0.25) is 0 Å². The van der Waals surface area contributed by atoms with Crippen LogP contribution < -0.4 is 15.4 Å². The number of carbonyl (C=O) groups is 3. The zero-order chi connectivity index (χ0) is 22.5. The van der Waals surface area contributed by atoms with E-state index in [9.17, 15) is 14.4 Å². The molecule has 0 unspecified atom stereocenters. The van der Waals surface area contributed by atoms with Crippen LogP contribution in [-0.4, -0.2) is 32.0 Å². The van der Waals surface area contributed by atoms with Gasteiger partial charge in [0.25, 0.3) is 11.8 Å². The van der Waals surface area contributed by atoms with E-state index in [1.807, 2.05) is 0 Å². The predicted octanol–water partition coefficient (Wildman–Crippen LogP) is 5.01. The van der Waals surface area contributed by atoms with Gasteiger partial charge in [-0.25, -0.2) is 4.79 Å². The van der Waals surface area contributed by atoms with E-state index in [4.69, 9.17) is 21.1 Å². The van der Waals surface area contributed by atoms with E-state index in [0.29, 0.717) is 27.6 Å². The van der Waals surface area contributed by atoms with Crippen molar-refractivity contribution in [1.82, 2.24) is 0 Å². The largest absolute Gasteiger partial charge is 0.497 e. The number of halogens is 1. The minimum atomic E-state index is -0.653. The molecule has 3 aromatic rings. The van der Waals surface area contributed by atoms with Crippen LogP contribution in [0.2, 0.25) is 5.02 Å². The van der Waals surface area contributed by atoms with Gasteiger partial charge in [-0.3, -0.25) is 9.59 Å². The summed E-state index contributed by atoms with van der Waals surface area (Å²) in [6.07, 6.45) is 0. The summed E-state index contributed by atoms with van der Waals surface area (Å²) in [6.45, 7) is 1.63. The molecule has 0 atom stereocenters. The minimum Gasteiger partial charge on any atom is -0.497 e. The normalized spacial score (nSPS) is 10.3. The molecule has 3 rings (SSSR count). The van der Waals surface area contributed by atoms with Crippen molar-refractivity contribution < 1.29 is 23.9 Å². The molecule has 2 N–H and O–H groups in total. The van der Waals surface area contributed by atoms with Crippen molar-refractivity contribution in [2.75, 3.05) is 24.9 Å². The van der Waals surface area contributed by atoms with Gasteiger partial charge < -0.3 is 20.1 Å². The van der Waals surface area contributed by atoms with E-state index >= 15 is 0 Å². The number of carbonyl (C=O) groups excluding carboxylic acids is 3. The van der Waals surface area contributed by atoms with Crippen LogP contribution in [0.15, 0.2) is 48.5 Å². The van der Waals surface area contributed by atoms with E-state index in [0.717, 1.165) is 11.3 Å². The number of ether oxygens (including phenoxy) is 2. The number of amides is 2. The molecule has 0 spiro atoms. The zero-order valence-corrected chi connectivity index (χ0v) is 18.5. The molecule has 7 nitrogen and oxygen atoms in total. The summed E-state index contributed by atoms with van der Waals surface area (Å²) >= 11 is 6.86. The summed E-state index contributed by atoms with van der Waals surface area (Å²) in [5.74, 6) is -1.00. The Bertz CT molecular complexity index is 1140. The number of rotatable bonds is 6. The predicted molar refractivity (Wildman–Crippen MR) is 121 cm³/mol. The molecule has 0 saturated carbocycles. The summed E-state index contributed by atoms with van der Waals surface area (Å²) < 4.78 is 10.00. The van der Waals surface area contributed by atoms with E-state index in [1.54, 1.807) is 55.5 Å². The average molecular weight is 459 g/mol. The van der Waals surface area contributed by atoms with Gasteiger partial charge in [-0.15, -0.1) is 11.3 Å². The molecule has 2 aromatic carbocycles. The second-order valence-corrected chi connectivity index (χ2v) is 7.86. The molecular weight excluding hydrogens is 440 g/mol. The van der Waals surface area contributed by atoms with Crippen LogP contribution >= 0.6 is 22.9 Å². The highest BCUT2D eigenvalue weighted by molar-refractivity contribution is 7.19. The molecule has 0 fully saturated rings. The molecule has 9 heteroatoms. The molecule has 31 heavy (non-hydrogen) atoms. The Labute approximate surface area is 187 Å². The highest BCUT2D eigenvalue weighted by Crippen LogP contribution is 2.34. The molecule has 0 saturated heterocycles. The molecule has 0 aliphatic carbocycles. The Kier molecular flexibility index (Phi) is 6.94. The van der Waals surface area contributed by atoms with Gasteiger partial charge in [0, 0.05) is 16.3 Å². The number of anilines is 2. The van der Waals surface area contributed by atoms with Crippen molar-refractivity contribution in [3.8, 4) is 5.75 Å². The number of thiophene rings is 1. The number of hydrogen-bond donors (Lipinski definition) is 2. The highest BCUT2D eigenvalue weighted by Gasteiger charge is 2.26. The molecular formula is C22H19ClN2O5S. The lowest BCUT2D eigenvalue weighted by Crippen LogP contribution is -2.14. The average Bonchev–Trinajstić information content (AvgIpc) is 3.10. The highest BCUT2D eigenvalue weighted by atomic mass is 35.5. The van der Waals surface area contributed by atoms with Gasteiger partial charge in [-0.2, -0.15) is 0 Å². The lowest BCUT2D eigenvalue weighted by atomic mass is 10.1. The van der Waals surface area contributed by atoms with Gasteiger partial charge in [0.1, 0.15) is 10.8 Å². The van der Waals surface area contributed by atoms with Crippen molar-refractivity contribution in [1.29, 1.82) is 0 Å². The lowest BCUT2D eigenvalue weighted by Gasteiger charge is -2.07. The fraction of sp³-hybridized carbons (Fsp3) is 0.136. The van der Waals surface area contributed by atoms with E-state index in [1.165, 1.54) is 14.2 Å².